The van der Waals surface area contributed by atoms with E-state index in [1.165, 1.54) is 12.1 Å². The molecule has 5 aromatic rings. The number of pyridine rings is 2. The lowest BCUT2D eigenvalue weighted by atomic mass is 10.1. The van der Waals surface area contributed by atoms with Gasteiger partial charge in [0.15, 0.2) is 17.3 Å². The highest BCUT2D eigenvalue weighted by Crippen LogP contribution is 2.32. The first-order valence-corrected chi connectivity index (χ1v) is 12.9. The first kappa shape index (κ1) is 26.9. The lowest BCUT2D eigenvalue weighted by Crippen LogP contribution is -2.32. The Hall–Kier alpha value is -4.64. The Balaban J connectivity index is 1.52. The Morgan fingerprint density at radius 2 is 1.80 bits per heavy atom. The minimum Gasteiger partial charge on any atom is -0.493 e. The predicted octanol–water partition coefficient (Wildman–Crippen LogP) is 4.27. The lowest BCUT2D eigenvalue weighted by Gasteiger charge is -2.30. The number of ether oxygens (including phenoxy) is 2. The summed E-state index contributed by atoms with van der Waals surface area (Å²) in [5, 5.41) is 13.4. The van der Waals surface area contributed by atoms with Crippen LogP contribution >= 0.6 is 0 Å². The summed E-state index contributed by atoms with van der Waals surface area (Å²) in [5.41, 5.74) is 2.90. The molecule has 40 heavy (non-hydrogen) atoms. The molecule has 3 aromatic heterocycles. The number of hydrogen-bond acceptors (Lipinski definition) is 8. The summed E-state index contributed by atoms with van der Waals surface area (Å²) in [5.74, 6) is 1.47. The number of H-pyrrole nitrogens is 1. The standard InChI is InChI=1S/C29H30FN7O3/c1-4-25(28-33-34-35-37(28)17-19-7-9-23(30)10-8-19)36(16-20-6-5-11-31-15-20)18-22-12-21-13-26(39-2)27(40-3)14-24(21)32-29(22)38/h5-15,25H,4,16-18H2,1-3H3,(H,32,38)/t25-/m1/s1. The maximum absolute atomic E-state index is 13.5. The van der Waals surface area contributed by atoms with Gasteiger partial charge in [0.1, 0.15) is 5.82 Å². The van der Waals surface area contributed by atoms with Crippen molar-refractivity contribution < 1.29 is 13.9 Å². The van der Waals surface area contributed by atoms with Crippen LogP contribution < -0.4 is 15.0 Å². The number of halogens is 1. The van der Waals surface area contributed by atoms with E-state index in [1.54, 1.807) is 43.3 Å². The van der Waals surface area contributed by atoms with E-state index in [2.05, 4.69) is 37.3 Å². The van der Waals surface area contributed by atoms with Gasteiger partial charge in [0.25, 0.3) is 5.56 Å². The van der Waals surface area contributed by atoms with Gasteiger partial charge in [0.05, 0.1) is 32.3 Å². The number of benzene rings is 2. The molecule has 0 saturated carbocycles. The maximum Gasteiger partial charge on any atom is 0.252 e. The molecule has 0 aliphatic rings. The predicted molar refractivity (Wildman–Crippen MR) is 148 cm³/mol. The molecule has 0 bridgehead atoms. The van der Waals surface area contributed by atoms with Crippen molar-refractivity contribution in [2.45, 2.75) is 39.0 Å². The van der Waals surface area contributed by atoms with Gasteiger partial charge in [0, 0.05) is 42.5 Å². The molecule has 206 valence electrons. The van der Waals surface area contributed by atoms with Crippen LogP contribution in [0.3, 0.4) is 0 Å². The van der Waals surface area contributed by atoms with E-state index < -0.39 is 0 Å². The van der Waals surface area contributed by atoms with E-state index in [1.807, 2.05) is 30.5 Å². The summed E-state index contributed by atoms with van der Waals surface area (Å²) in [7, 11) is 3.13. The van der Waals surface area contributed by atoms with Crippen molar-refractivity contribution >= 4 is 10.9 Å². The Morgan fingerprint density at radius 3 is 2.50 bits per heavy atom. The Bertz CT molecular complexity index is 1640. The molecular weight excluding hydrogens is 513 g/mol. The smallest absolute Gasteiger partial charge is 0.252 e. The minimum atomic E-state index is -0.300. The van der Waals surface area contributed by atoms with Crippen LogP contribution in [0.4, 0.5) is 4.39 Å². The zero-order chi connectivity index (χ0) is 28.1. The number of tetrazole rings is 1. The quantitative estimate of drug-likeness (QED) is 0.263. The Kier molecular flexibility index (Phi) is 8.11. The average Bonchev–Trinajstić information content (AvgIpc) is 3.42. The van der Waals surface area contributed by atoms with Gasteiger partial charge in [0.2, 0.25) is 0 Å². The van der Waals surface area contributed by atoms with Crippen molar-refractivity contribution in [2.75, 3.05) is 14.2 Å². The van der Waals surface area contributed by atoms with E-state index >= 15 is 0 Å². The third-order valence-corrected chi connectivity index (χ3v) is 6.84. The number of nitrogens with one attached hydrogen (secondary N) is 1. The number of fused-ring (bicyclic) bond motifs is 1. The highest BCUT2D eigenvalue weighted by atomic mass is 19.1. The molecule has 0 unspecified atom stereocenters. The highest BCUT2D eigenvalue weighted by molar-refractivity contribution is 5.83. The second-order valence-electron chi connectivity index (χ2n) is 9.43. The van der Waals surface area contributed by atoms with Crippen LogP contribution in [0.15, 0.2) is 71.8 Å². The van der Waals surface area contributed by atoms with E-state index in [0.29, 0.717) is 54.5 Å². The van der Waals surface area contributed by atoms with E-state index in [4.69, 9.17) is 9.47 Å². The van der Waals surface area contributed by atoms with Gasteiger partial charge < -0.3 is 14.5 Å². The minimum absolute atomic E-state index is 0.198. The van der Waals surface area contributed by atoms with Gasteiger partial charge in [-0.3, -0.25) is 14.7 Å². The van der Waals surface area contributed by atoms with Crippen LogP contribution in [0.1, 0.15) is 41.9 Å². The fourth-order valence-corrected chi connectivity index (χ4v) is 4.85. The first-order valence-electron chi connectivity index (χ1n) is 12.9. The molecular formula is C29H30FN7O3. The highest BCUT2D eigenvalue weighted by Gasteiger charge is 2.26. The van der Waals surface area contributed by atoms with E-state index in [9.17, 15) is 9.18 Å². The molecule has 0 spiro atoms. The zero-order valence-corrected chi connectivity index (χ0v) is 22.5. The number of rotatable bonds is 11. The fraction of sp³-hybridized carbons (Fsp3) is 0.276. The SMILES string of the molecule is CC[C@H](c1nnnn1Cc1ccc(F)cc1)N(Cc1cccnc1)Cc1cc2cc(OC)c(OC)cc2[nH]c1=O. The summed E-state index contributed by atoms with van der Waals surface area (Å²) in [6.45, 7) is 3.28. The molecule has 2 aromatic carbocycles. The molecule has 0 radical (unpaired) electrons. The van der Waals surface area contributed by atoms with Crippen molar-refractivity contribution in [1.29, 1.82) is 0 Å². The summed E-state index contributed by atoms with van der Waals surface area (Å²) >= 11 is 0. The van der Waals surface area contributed by atoms with Crippen LogP contribution in [-0.4, -0.2) is 49.3 Å². The average molecular weight is 544 g/mol. The molecule has 1 N–H and O–H groups in total. The van der Waals surface area contributed by atoms with Crippen molar-refractivity contribution in [3.63, 3.8) is 0 Å². The second-order valence-corrected chi connectivity index (χ2v) is 9.43. The Labute approximate surface area is 230 Å². The number of aromatic nitrogens is 6. The van der Waals surface area contributed by atoms with E-state index in [-0.39, 0.29) is 17.4 Å². The van der Waals surface area contributed by atoms with Crippen LogP contribution in [0.2, 0.25) is 0 Å². The van der Waals surface area contributed by atoms with Gasteiger partial charge in [-0.1, -0.05) is 25.1 Å². The number of hydrogen-bond donors (Lipinski definition) is 1. The van der Waals surface area contributed by atoms with Crippen LogP contribution in [0.5, 0.6) is 11.5 Å². The molecule has 0 amide bonds. The first-order chi connectivity index (χ1) is 19.5. The van der Waals surface area contributed by atoms with Crippen LogP contribution in [0, 0.1) is 5.82 Å². The fourth-order valence-electron chi connectivity index (χ4n) is 4.85. The van der Waals surface area contributed by atoms with Crippen molar-refractivity contribution in [1.82, 2.24) is 35.1 Å². The molecule has 11 heteroatoms. The molecule has 3 heterocycles. The van der Waals surface area contributed by atoms with Crippen LogP contribution in [0.25, 0.3) is 10.9 Å². The van der Waals surface area contributed by atoms with Gasteiger partial charge in [-0.2, -0.15) is 0 Å². The number of aromatic amines is 1. The molecule has 0 aliphatic heterocycles. The van der Waals surface area contributed by atoms with Crippen molar-refractivity contribution in [2.24, 2.45) is 0 Å². The number of nitrogens with zero attached hydrogens (tertiary/aromatic N) is 6. The van der Waals surface area contributed by atoms with E-state index in [0.717, 1.165) is 16.5 Å². The van der Waals surface area contributed by atoms with Gasteiger partial charge in [-0.05, 0) is 58.3 Å². The number of methoxy groups -OCH3 is 2. The van der Waals surface area contributed by atoms with Gasteiger partial charge in [-0.25, -0.2) is 9.07 Å². The molecule has 0 saturated heterocycles. The van der Waals surface area contributed by atoms with Crippen molar-refractivity contribution in [3.8, 4) is 11.5 Å². The molecule has 5 rings (SSSR count). The summed E-state index contributed by atoms with van der Waals surface area (Å²) in [6, 6.07) is 15.4. The lowest BCUT2D eigenvalue weighted by molar-refractivity contribution is 0.161. The zero-order valence-electron chi connectivity index (χ0n) is 22.5. The largest absolute Gasteiger partial charge is 0.493 e. The Morgan fingerprint density at radius 1 is 1.02 bits per heavy atom. The molecule has 1 atom stereocenters. The maximum atomic E-state index is 13.5. The van der Waals surface area contributed by atoms with Gasteiger partial charge in [-0.15, -0.1) is 5.10 Å². The molecule has 0 fully saturated rings. The molecule has 10 nitrogen and oxygen atoms in total. The second kappa shape index (κ2) is 12.0. The third-order valence-electron chi connectivity index (χ3n) is 6.84. The van der Waals surface area contributed by atoms with Crippen molar-refractivity contribution in [3.05, 3.63) is 106 Å². The summed E-state index contributed by atoms with van der Waals surface area (Å²) < 4.78 is 26.0. The summed E-state index contributed by atoms with van der Waals surface area (Å²) in [6.07, 6.45) is 4.22. The normalized spacial score (nSPS) is 12.1. The van der Waals surface area contributed by atoms with Crippen LogP contribution in [-0.2, 0) is 19.6 Å². The summed E-state index contributed by atoms with van der Waals surface area (Å²) in [4.78, 5) is 22.7. The molecule has 0 aliphatic carbocycles. The topological polar surface area (TPSA) is 111 Å². The third kappa shape index (κ3) is 5.84. The van der Waals surface area contributed by atoms with Gasteiger partial charge >= 0.3 is 0 Å². The monoisotopic (exact) mass is 543 g/mol.